The molecule has 28 heavy (non-hydrogen) atoms. The Morgan fingerprint density at radius 2 is 1.75 bits per heavy atom. The van der Waals surface area contributed by atoms with Crippen LogP contribution in [0, 0.1) is 11.3 Å². The molecule has 0 aliphatic rings. The van der Waals surface area contributed by atoms with Gasteiger partial charge in [0.15, 0.2) is 21.7 Å². The molecule has 8 heteroatoms. The maximum absolute atomic E-state index is 8.95. The Balaban J connectivity index is 1.67. The number of imidazole rings is 1. The molecule has 0 saturated heterocycles. The van der Waals surface area contributed by atoms with Crippen LogP contribution in [0.15, 0.2) is 59.3 Å². The Kier molecular flexibility index (Phi) is 5.24. The van der Waals surface area contributed by atoms with Crippen LogP contribution in [0.2, 0.25) is 5.28 Å². The summed E-state index contributed by atoms with van der Waals surface area (Å²) >= 11 is 9.69. The quantitative estimate of drug-likeness (QED) is 0.348. The number of aromatic nitrogens is 4. The molecule has 6 nitrogen and oxygen atoms in total. The van der Waals surface area contributed by atoms with E-state index in [-0.39, 0.29) is 5.28 Å². The van der Waals surface area contributed by atoms with Gasteiger partial charge in [0.1, 0.15) is 0 Å². The number of hydrogen-bond acceptors (Lipinski definition) is 5. The number of fused-ring (bicyclic) bond motifs is 1. The maximum atomic E-state index is 8.95. The summed E-state index contributed by atoms with van der Waals surface area (Å²) in [4.78, 5) is 13.3. The van der Waals surface area contributed by atoms with Crippen molar-refractivity contribution in [2.75, 3.05) is 5.32 Å². The number of hydrogen-bond donors (Lipinski definition) is 1. The zero-order valence-electron chi connectivity index (χ0n) is 14.6. The predicted octanol–water partition coefficient (Wildman–Crippen LogP) is 4.77. The maximum Gasteiger partial charge on any atom is 0.226 e. The molecule has 0 amide bonds. The molecule has 2 aromatic carbocycles. The van der Waals surface area contributed by atoms with Gasteiger partial charge in [-0.05, 0) is 50.8 Å². The molecular weight excluding hydrogens is 440 g/mol. The van der Waals surface area contributed by atoms with E-state index in [9.17, 15) is 0 Å². The number of nitrogens with zero attached hydrogens (tertiary/aromatic N) is 5. The van der Waals surface area contributed by atoms with Crippen molar-refractivity contribution in [2.45, 2.75) is 13.1 Å². The smallest absolute Gasteiger partial charge is 0.226 e. The second-order valence-corrected chi connectivity index (χ2v) is 7.18. The third-order valence-electron chi connectivity index (χ3n) is 4.25. The van der Waals surface area contributed by atoms with Crippen LogP contribution in [0.1, 0.15) is 16.7 Å². The summed E-state index contributed by atoms with van der Waals surface area (Å²) < 4.78 is 2.55. The van der Waals surface area contributed by atoms with E-state index in [1.165, 1.54) is 0 Å². The van der Waals surface area contributed by atoms with Crippen molar-refractivity contribution >= 4 is 44.5 Å². The number of benzene rings is 2. The van der Waals surface area contributed by atoms with Gasteiger partial charge in [0.2, 0.25) is 5.28 Å². The van der Waals surface area contributed by atoms with Crippen molar-refractivity contribution < 1.29 is 0 Å². The summed E-state index contributed by atoms with van der Waals surface area (Å²) in [6.07, 6.45) is 0. The SMILES string of the molecule is N#Cc1ccc(Cn2c(Br)nc3c(NCc4ccccc4)nc(Cl)nc32)cc1. The van der Waals surface area contributed by atoms with Crippen molar-refractivity contribution in [1.82, 2.24) is 19.5 Å². The summed E-state index contributed by atoms with van der Waals surface area (Å²) in [5.41, 5.74) is 4.04. The topological polar surface area (TPSA) is 79.4 Å². The van der Waals surface area contributed by atoms with Crippen LogP contribution in [0.4, 0.5) is 5.82 Å². The number of anilines is 1. The zero-order valence-corrected chi connectivity index (χ0v) is 16.9. The van der Waals surface area contributed by atoms with E-state index in [0.29, 0.717) is 40.4 Å². The molecule has 0 aliphatic carbocycles. The third kappa shape index (κ3) is 3.84. The predicted molar refractivity (Wildman–Crippen MR) is 112 cm³/mol. The second kappa shape index (κ2) is 7.97. The minimum absolute atomic E-state index is 0.150. The molecule has 0 saturated carbocycles. The van der Waals surface area contributed by atoms with Crippen LogP contribution in [-0.2, 0) is 13.1 Å². The molecule has 4 rings (SSSR count). The number of nitriles is 1. The number of rotatable bonds is 5. The van der Waals surface area contributed by atoms with Crippen LogP contribution in [0.5, 0.6) is 0 Å². The van der Waals surface area contributed by atoms with Gasteiger partial charge in [-0.3, -0.25) is 4.57 Å². The highest BCUT2D eigenvalue weighted by molar-refractivity contribution is 9.10. The molecule has 0 atom stereocenters. The van der Waals surface area contributed by atoms with E-state index in [4.69, 9.17) is 16.9 Å². The van der Waals surface area contributed by atoms with E-state index < -0.39 is 0 Å². The van der Waals surface area contributed by atoms with Crippen LogP contribution >= 0.6 is 27.5 Å². The lowest BCUT2D eigenvalue weighted by atomic mass is 10.1. The van der Waals surface area contributed by atoms with E-state index in [1.54, 1.807) is 12.1 Å². The van der Waals surface area contributed by atoms with E-state index in [0.717, 1.165) is 11.1 Å². The monoisotopic (exact) mass is 452 g/mol. The Labute approximate surface area is 175 Å². The Hall–Kier alpha value is -2.95. The van der Waals surface area contributed by atoms with Gasteiger partial charge in [-0.25, -0.2) is 4.98 Å². The molecule has 0 unspecified atom stereocenters. The molecule has 2 aromatic heterocycles. The lowest BCUT2D eigenvalue weighted by Crippen LogP contribution is -2.05. The first-order chi connectivity index (χ1) is 13.6. The molecule has 0 aliphatic heterocycles. The fourth-order valence-corrected chi connectivity index (χ4v) is 3.50. The zero-order chi connectivity index (χ0) is 19.5. The summed E-state index contributed by atoms with van der Waals surface area (Å²) in [5.74, 6) is 0.582. The van der Waals surface area contributed by atoms with Gasteiger partial charge in [0, 0.05) is 6.54 Å². The average molecular weight is 454 g/mol. The molecule has 0 bridgehead atoms. The van der Waals surface area contributed by atoms with Gasteiger partial charge in [-0.1, -0.05) is 42.5 Å². The first-order valence-corrected chi connectivity index (χ1v) is 9.67. The highest BCUT2D eigenvalue weighted by Crippen LogP contribution is 2.26. The summed E-state index contributed by atoms with van der Waals surface area (Å²) in [6.45, 7) is 1.14. The van der Waals surface area contributed by atoms with Crippen molar-refractivity contribution in [3.8, 4) is 6.07 Å². The van der Waals surface area contributed by atoms with Gasteiger partial charge in [0.05, 0.1) is 18.2 Å². The van der Waals surface area contributed by atoms with Crippen LogP contribution < -0.4 is 5.32 Å². The second-order valence-electron chi connectivity index (χ2n) is 6.13. The van der Waals surface area contributed by atoms with Crippen LogP contribution in [-0.4, -0.2) is 19.5 Å². The van der Waals surface area contributed by atoms with E-state index >= 15 is 0 Å². The lowest BCUT2D eigenvalue weighted by molar-refractivity contribution is 0.790. The Bertz CT molecular complexity index is 1170. The Morgan fingerprint density at radius 1 is 1.00 bits per heavy atom. The first-order valence-electron chi connectivity index (χ1n) is 8.50. The van der Waals surface area contributed by atoms with Gasteiger partial charge in [-0.2, -0.15) is 15.2 Å². The van der Waals surface area contributed by atoms with Gasteiger partial charge in [-0.15, -0.1) is 0 Å². The minimum atomic E-state index is 0.150. The fraction of sp³-hybridized carbons (Fsp3) is 0.100. The normalized spacial score (nSPS) is 10.8. The molecule has 0 spiro atoms. The van der Waals surface area contributed by atoms with Crippen molar-refractivity contribution in [3.05, 3.63) is 81.3 Å². The largest absolute Gasteiger partial charge is 0.364 e. The standard InChI is InChI=1S/C20H14BrClN6/c21-19-25-16-17(24-11-14-4-2-1-3-5-14)26-20(22)27-18(16)28(19)12-15-8-6-13(10-23)7-9-15/h1-9H,11-12H2,(H,24,26,27). The summed E-state index contributed by atoms with van der Waals surface area (Å²) in [6, 6.07) is 19.5. The van der Waals surface area contributed by atoms with Gasteiger partial charge >= 0.3 is 0 Å². The van der Waals surface area contributed by atoms with Crippen LogP contribution in [0.3, 0.4) is 0 Å². The third-order valence-corrected chi connectivity index (χ3v) is 5.02. The summed E-state index contributed by atoms with van der Waals surface area (Å²) in [7, 11) is 0. The Morgan fingerprint density at radius 3 is 2.46 bits per heavy atom. The molecule has 4 aromatic rings. The van der Waals surface area contributed by atoms with Crippen LogP contribution in [0.25, 0.3) is 11.2 Å². The first kappa shape index (κ1) is 18.4. The molecular formula is C20H14BrClN6. The molecule has 0 fully saturated rings. The highest BCUT2D eigenvalue weighted by Gasteiger charge is 2.16. The highest BCUT2D eigenvalue weighted by atomic mass is 79.9. The molecule has 2 heterocycles. The van der Waals surface area contributed by atoms with Crippen molar-refractivity contribution in [1.29, 1.82) is 5.26 Å². The average Bonchev–Trinajstić information content (AvgIpc) is 3.03. The van der Waals surface area contributed by atoms with E-state index in [2.05, 4.69) is 42.3 Å². The molecule has 0 radical (unpaired) electrons. The summed E-state index contributed by atoms with van der Waals surface area (Å²) in [5, 5.41) is 12.4. The van der Waals surface area contributed by atoms with Gasteiger partial charge in [0.25, 0.3) is 0 Å². The van der Waals surface area contributed by atoms with E-state index in [1.807, 2.05) is 47.0 Å². The lowest BCUT2D eigenvalue weighted by Gasteiger charge is -2.08. The molecule has 138 valence electrons. The minimum Gasteiger partial charge on any atom is -0.364 e. The van der Waals surface area contributed by atoms with Crippen molar-refractivity contribution in [2.24, 2.45) is 0 Å². The fourth-order valence-electron chi connectivity index (χ4n) is 2.86. The van der Waals surface area contributed by atoms with Gasteiger partial charge < -0.3 is 5.32 Å². The number of halogens is 2. The molecule has 1 N–H and O–H groups in total. The van der Waals surface area contributed by atoms with Crippen molar-refractivity contribution in [3.63, 3.8) is 0 Å². The number of nitrogens with one attached hydrogen (secondary N) is 1.